The third-order valence-corrected chi connectivity index (χ3v) is 2.79. The summed E-state index contributed by atoms with van der Waals surface area (Å²) < 4.78 is 46.1. The summed E-state index contributed by atoms with van der Waals surface area (Å²) in [5.74, 6) is 0. The first-order valence-electron chi connectivity index (χ1n) is 3.28. The molecule has 0 aromatic carbocycles. The summed E-state index contributed by atoms with van der Waals surface area (Å²) in [5, 5.41) is 0. The van der Waals surface area contributed by atoms with Crippen molar-refractivity contribution < 1.29 is 17.2 Å². The van der Waals surface area contributed by atoms with Crippen LogP contribution >= 0.6 is 10.7 Å². The largest absolute Gasteiger partial charge is 0.329 e. The topological polar surface area (TPSA) is 67.0 Å². The summed E-state index contributed by atoms with van der Waals surface area (Å²) >= 11 is 0. The van der Waals surface area contributed by atoms with Gasteiger partial charge in [-0.05, 0) is 0 Å². The normalized spacial score (nSPS) is 12.0. The third kappa shape index (κ3) is 2.30. The highest BCUT2D eigenvalue weighted by Gasteiger charge is 2.22. The Bertz CT molecular complexity index is 496. The summed E-state index contributed by atoms with van der Waals surface area (Å²) in [7, 11) is 0.537. The van der Waals surface area contributed by atoms with Crippen molar-refractivity contribution in [2.75, 3.05) is 0 Å². The SMILES string of the molecule is O=c1cc(S(=O)(=O)Cl)c(C(F)F)c[nH]1. The molecule has 0 fully saturated rings. The molecule has 14 heavy (non-hydrogen) atoms. The second kappa shape index (κ2) is 3.66. The third-order valence-electron chi connectivity index (χ3n) is 1.41. The first-order chi connectivity index (χ1) is 6.32. The fourth-order valence-electron chi connectivity index (χ4n) is 0.846. The highest BCUT2D eigenvalue weighted by molar-refractivity contribution is 8.13. The van der Waals surface area contributed by atoms with Gasteiger partial charge in [-0.25, -0.2) is 17.2 Å². The Morgan fingerprint density at radius 1 is 1.43 bits per heavy atom. The van der Waals surface area contributed by atoms with E-state index in [2.05, 4.69) is 0 Å². The van der Waals surface area contributed by atoms with Gasteiger partial charge in [-0.2, -0.15) is 0 Å². The molecule has 0 saturated heterocycles. The lowest BCUT2D eigenvalue weighted by Gasteiger charge is -2.03. The Morgan fingerprint density at radius 2 is 2.00 bits per heavy atom. The second-order valence-corrected chi connectivity index (χ2v) is 4.89. The molecule has 1 aromatic heterocycles. The Labute approximate surface area is 81.9 Å². The van der Waals surface area contributed by atoms with Gasteiger partial charge in [0.1, 0.15) is 0 Å². The summed E-state index contributed by atoms with van der Waals surface area (Å²) in [6.07, 6.45) is -2.39. The van der Waals surface area contributed by atoms with Gasteiger partial charge in [0.05, 0.1) is 10.5 Å². The number of alkyl halides is 2. The molecule has 1 heterocycles. The molecule has 0 radical (unpaired) electrons. The number of aromatic nitrogens is 1. The Hall–Kier alpha value is -0.950. The lowest BCUT2D eigenvalue weighted by Crippen LogP contribution is -2.10. The van der Waals surface area contributed by atoms with Crippen LogP contribution in [0, 0.1) is 0 Å². The molecule has 1 rings (SSSR count). The summed E-state index contributed by atoms with van der Waals surface area (Å²) in [6, 6.07) is 0.518. The van der Waals surface area contributed by atoms with Crippen LogP contribution in [0.4, 0.5) is 8.78 Å². The van der Waals surface area contributed by atoms with Crippen LogP contribution in [0.15, 0.2) is 22.0 Å². The quantitative estimate of drug-likeness (QED) is 0.795. The minimum Gasteiger partial charge on any atom is -0.329 e. The molecular weight excluding hydrogens is 240 g/mol. The number of rotatable bonds is 2. The number of pyridine rings is 1. The van der Waals surface area contributed by atoms with Gasteiger partial charge < -0.3 is 4.98 Å². The molecule has 0 unspecified atom stereocenters. The summed E-state index contributed by atoms with van der Waals surface area (Å²) in [5.41, 5.74) is -1.63. The van der Waals surface area contributed by atoms with E-state index in [1.807, 2.05) is 4.98 Å². The molecule has 4 nitrogen and oxygen atoms in total. The Morgan fingerprint density at radius 3 is 2.43 bits per heavy atom. The second-order valence-electron chi connectivity index (χ2n) is 2.36. The van der Waals surface area contributed by atoms with Crippen LogP contribution in [0.5, 0.6) is 0 Å². The monoisotopic (exact) mass is 243 g/mol. The number of H-pyrrole nitrogens is 1. The number of aromatic amines is 1. The van der Waals surface area contributed by atoms with E-state index in [0.717, 1.165) is 0 Å². The van der Waals surface area contributed by atoms with Crippen molar-refractivity contribution in [3.05, 3.63) is 28.2 Å². The first kappa shape index (κ1) is 11.1. The van der Waals surface area contributed by atoms with Crippen LogP contribution in [0.3, 0.4) is 0 Å². The molecule has 78 valence electrons. The maximum atomic E-state index is 12.2. The molecule has 0 bridgehead atoms. The van der Waals surface area contributed by atoms with Crippen molar-refractivity contribution in [1.29, 1.82) is 0 Å². The number of hydrogen-bond donors (Lipinski definition) is 1. The van der Waals surface area contributed by atoms with Gasteiger partial charge in [0.15, 0.2) is 0 Å². The predicted octanol–water partition coefficient (Wildman–Crippen LogP) is 1.24. The van der Waals surface area contributed by atoms with E-state index in [1.165, 1.54) is 0 Å². The van der Waals surface area contributed by atoms with Gasteiger partial charge in [-0.15, -0.1) is 0 Å². The lowest BCUT2D eigenvalue weighted by molar-refractivity contribution is 0.147. The summed E-state index contributed by atoms with van der Waals surface area (Å²) in [6.45, 7) is 0. The number of hydrogen-bond acceptors (Lipinski definition) is 3. The van der Waals surface area contributed by atoms with Gasteiger partial charge in [-0.1, -0.05) is 0 Å². The molecule has 0 aliphatic carbocycles. The fraction of sp³-hybridized carbons (Fsp3) is 0.167. The van der Waals surface area contributed by atoms with E-state index in [0.29, 0.717) is 12.3 Å². The molecule has 0 aliphatic rings. The minimum atomic E-state index is -4.33. The molecule has 0 amide bonds. The zero-order chi connectivity index (χ0) is 10.9. The van der Waals surface area contributed by atoms with E-state index in [-0.39, 0.29) is 0 Å². The number of nitrogens with one attached hydrogen (secondary N) is 1. The van der Waals surface area contributed by atoms with Gasteiger partial charge >= 0.3 is 0 Å². The molecule has 1 aromatic rings. The predicted molar refractivity (Wildman–Crippen MR) is 45.1 cm³/mol. The van der Waals surface area contributed by atoms with E-state index in [1.54, 1.807) is 0 Å². The Balaban J connectivity index is 3.54. The van der Waals surface area contributed by atoms with Crippen LogP contribution in [0.25, 0.3) is 0 Å². The van der Waals surface area contributed by atoms with Crippen LogP contribution in [-0.4, -0.2) is 13.4 Å². The van der Waals surface area contributed by atoms with E-state index < -0.39 is 31.5 Å². The standard InChI is InChI=1S/C6H4ClF2NO3S/c7-14(12,13)4-1-5(11)10-2-3(4)6(8)9/h1-2,6H,(H,10,11). The lowest BCUT2D eigenvalue weighted by atomic mass is 10.3. The molecule has 8 heteroatoms. The fourth-order valence-corrected chi connectivity index (χ4v) is 1.92. The zero-order valence-electron chi connectivity index (χ0n) is 6.50. The molecule has 0 spiro atoms. The van der Waals surface area contributed by atoms with Crippen molar-refractivity contribution in [3.63, 3.8) is 0 Å². The van der Waals surface area contributed by atoms with Crippen LogP contribution in [0.1, 0.15) is 12.0 Å². The van der Waals surface area contributed by atoms with Crippen molar-refractivity contribution in [1.82, 2.24) is 4.98 Å². The maximum Gasteiger partial charge on any atom is 0.266 e. The van der Waals surface area contributed by atoms with Crippen molar-refractivity contribution >= 4 is 19.7 Å². The van der Waals surface area contributed by atoms with Crippen LogP contribution in [0.2, 0.25) is 0 Å². The highest BCUT2D eigenvalue weighted by atomic mass is 35.7. The van der Waals surface area contributed by atoms with E-state index in [9.17, 15) is 22.0 Å². The Kier molecular flexibility index (Phi) is 2.91. The van der Waals surface area contributed by atoms with Crippen LogP contribution in [-0.2, 0) is 9.05 Å². The van der Waals surface area contributed by atoms with E-state index >= 15 is 0 Å². The molecular formula is C6H4ClF2NO3S. The van der Waals surface area contributed by atoms with E-state index in [4.69, 9.17) is 10.7 Å². The average Bonchev–Trinajstić information content (AvgIpc) is 2.01. The first-order valence-corrected chi connectivity index (χ1v) is 5.59. The van der Waals surface area contributed by atoms with Crippen LogP contribution < -0.4 is 5.56 Å². The molecule has 1 N–H and O–H groups in total. The molecule has 0 saturated carbocycles. The van der Waals surface area contributed by atoms with Gasteiger partial charge in [0.2, 0.25) is 5.56 Å². The smallest absolute Gasteiger partial charge is 0.266 e. The number of halogens is 3. The van der Waals surface area contributed by atoms with Gasteiger partial charge in [0.25, 0.3) is 15.5 Å². The van der Waals surface area contributed by atoms with Crippen molar-refractivity contribution in [2.45, 2.75) is 11.3 Å². The van der Waals surface area contributed by atoms with Gasteiger partial charge in [-0.3, -0.25) is 4.79 Å². The zero-order valence-corrected chi connectivity index (χ0v) is 8.07. The van der Waals surface area contributed by atoms with Crippen molar-refractivity contribution in [3.8, 4) is 0 Å². The molecule has 0 aliphatic heterocycles. The maximum absolute atomic E-state index is 12.2. The van der Waals surface area contributed by atoms with Crippen molar-refractivity contribution in [2.24, 2.45) is 0 Å². The molecule has 0 atom stereocenters. The van der Waals surface area contributed by atoms with Gasteiger partial charge in [0, 0.05) is 22.9 Å². The minimum absolute atomic E-state index is 0.518. The average molecular weight is 244 g/mol. The highest BCUT2D eigenvalue weighted by Crippen LogP contribution is 2.26. The summed E-state index contributed by atoms with van der Waals surface area (Å²) in [4.78, 5) is 11.8.